The highest BCUT2D eigenvalue weighted by Gasteiger charge is 2.18. The van der Waals surface area contributed by atoms with Crippen molar-refractivity contribution in [1.82, 2.24) is 5.43 Å². The molecule has 0 unspecified atom stereocenters. The van der Waals surface area contributed by atoms with Crippen molar-refractivity contribution in [2.24, 2.45) is 5.10 Å². The molecule has 1 aliphatic carbocycles. The number of hydrogen-bond donors (Lipinski definition) is 1. The summed E-state index contributed by atoms with van der Waals surface area (Å²) in [5.41, 5.74) is 8.64. The Hall–Kier alpha value is -1.94. The average Bonchev–Trinajstić information content (AvgIpc) is 3.02. The van der Waals surface area contributed by atoms with Gasteiger partial charge in [0.15, 0.2) is 0 Å². The molecule has 1 amide bonds. The summed E-state index contributed by atoms with van der Waals surface area (Å²) >= 11 is 1.60. The number of nitrogens with one attached hydrogen (secondary N) is 1. The molecule has 0 fully saturated rings. The van der Waals surface area contributed by atoms with E-state index in [2.05, 4.69) is 43.4 Å². The third-order valence-corrected chi connectivity index (χ3v) is 5.30. The van der Waals surface area contributed by atoms with Crippen molar-refractivity contribution in [2.75, 3.05) is 0 Å². The molecule has 1 N–H and O–H groups in total. The number of thiophene rings is 1. The van der Waals surface area contributed by atoms with Gasteiger partial charge in [0.2, 0.25) is 0 Å². The molecular formula is C18H20N2OS. The summed E-state index contributed by atoms with van der Waals surface area (Å²) in [7, 11) is 0. The second-order valence-electron chi connectivity index (χ2n) is 5.92. The maximum atomic E-state index is 12.1. The minimum absolute atomic E-state index is 0.113. The fraction of sp³-hybridized carbons (Fsp3) is 0.333. The Balaban J connectivity index is 1.70. The second kappa shape index (κ2) is 6.05. The molecule has 1 aliphatic rings. The summed E-state index contributed by atoms with van der Waals surface area (Å²) in [5, 5.41) is 4.13. The zero-order valence-corrected chi connectivity index (χ0v) is 14.0. The van der Waals surface area contributed by atoms with E-state index in [4.69, 9.17) is 0 Å². The zero-order valence-electron chi connectivity index (χ0n) is 13.2. The van der Waals surface area contributed by atoms with Gasteiger partial charge in [-0.15, -0.1) is 11.3 Å². The molecule has 22 heavy (non-hydrogen) atoms. The SMILES string of the molecule is Cc1cc(C)c(/C=N\NC(=O)c2cc3c(s2)CCC3)c(C)c1. The minimum atomic E-state index is -0.113. The number of rotatable bonds is 3. The van der Waals surface area contributed by atoms with Gasteiger partial charge in [-0.1, -0.05) is 17.7 Å². The normalized spacial score (nSPS) is 13.6. The van der Waals surface area contributed by atoms with Crippen molar-refractivity contribution in [3.05, 3.63) is 55.8 Å². The molecule has 0 spiro atoms. The van der Waals surface area contributed by atoms with Crippen LogP contribution in [0.3, 0.4) is 0 Å². The molecule has 3 rings (SSSR count). The van der Waals surface area contributed by atoms with Crippen LogP contribution in [0.4, 0.5) is 0 Å². The van der Waals surface area contributed by atoms with Crippen LogP contribution < -0.4 is 5.43 Å². The number of benzene rings is 1. The Kier molecular flexibility index (Phi) is 4.12. The van der Waals surface area contributed by atoms with Crippen molar-refractivity contribution < 1.29 is 4.79 Å². The van der Waals surface area contributed by atoms with E-state index in [1.165, 1.54) is 33.6 Å². The van der Waals surface area contributed by atoms with Crippen LogP contribution in [-0.2, 0) is 12.8 Å². The highest BCUT2D eigenvalue weighted by Crippen LogP contribution is 2.30. The van der Waals surface area contributed by atoms with Gasteiger partial charge < -0.3 is 0 Å². The van der Waals surface area contributed by atoms with Crippen molar-refractivity contribution in [3.63, 3.8) is 0 Å². The summed E-state index contributed by atoms with van der Waals surface area (Å²) in [6.07, 6.45) is 5.17. The largest absolute Gasteiger partial charge is 0.281 e. The van der Waals surface area contributed by atoms with E-state index in [0.717, 1.165) is 23.3 Å². The number of amides is 1. The van der Waals surface area contributed by atoms with Gasteiger partial charge in [-0.25, -0.2) is 5.43 Å². The fourth-order valence-electron chi connectivity index (χ4n) is 3.05. The van der Waals surface area contributed by atoms with Crippen LogP contribution in [0.1, 0.15) is 48.8 Å². The molecule has 0 saturated carbocycles. The first-order chi connectivity index (χ1) is 10.5. The van der Waals surface area contributed by atoms with Gasteiger partial charge >= 0.3 is 0 Å². The number of fused-ring (bicyclic) bond motifs is 1. The molecule has 3 nitrogen and oxygen atoms in total. The molecule has 0 aliphatic heterocycles. The summed E-state index contributed by atoms with van der Waals surface area (Å²) in [5.74, 6) is -0.113. The van der Waals surface area contributed by atoms with Crippen molar-refractivity contribution in [1.29, 1.82) is 0 Å². The molecule has 0 bridgehead atoms. The molecule has 0 radical (unpaired) electrons. The first kappa shape index (κ1) is 15.0. The molecule has 4 heteroatoms. The lowest BCUT2D eigenvalue weighted by Gasteiger charge is -2.06. The first-order valence-electron chi connectivity index (χ1n) is 7.57. The van der Waals surface area contributed by atoms with Crippen LogP contribution in [0, 0.1) is 20.8 Å². The van der Waals surface area contributed by atoms with E-state index in [-0.39, 0.29) is 5.91 Å². The van der Waals surface area contributed by atoms with Gasteiger partial charge in [0.05, 0.1) is 11.1 Å². The molecule has 2 aromatic rings. The Labute approximate surface area is 135 Å². The van der Waals surface area contributed by atoms with Gasteiger partial charge in [0.1, 0.15) is 0 Å². The highest BCUT2D eigenvalue weighted by atomic mass is 32.1. The van der Waals surface area contributed by atoms with Crippen LogP contribution in [0.15, 0.2) is 23.3 Å². The lowest BCUT2D eigenvalue weighted by atomic mass is 10.0. The van der Waals surface area contributed by atoms with E-state index in [1.807, 2.05) is 6.07 Å². The summed E-state index contributed by atoms with van der Waals surface area (Å²) < 4.78 is 0. The van der Waals surface area contributed by atoms with Crippen LogP contribution in [0.5, 0.6) is 0 Å². The van der Waals surface area contributed by atoms with Gasteiger partial charge in [-0.05, 0) is 62.8 Å². The lowest BCUT2D eigenvalue weighted by molar-refractivity contribution is 0.0959. The van der Waals surface area contributed by atoms with Gasteiger partial charge in [-0.3, -0.25) is 4.79 Å². The van der Waals surface area contributed by atoms with Gasteiger partial charge in [0, 0.05) is 10.4 Å². The van der Waals surface area contributed by atoms with Crippen LogP contribution in [-0.4, -0.2) is 12.1 Å². The number of carbonyl (C=O) groups is 1. The molecule has 1 aromatic carbocycles. The number of carbonyl (C=O) groups excluding carboxylic acids is 1. The van der Waals surface area contributed by atoms with Gasteiger partial charge in [-0.2, -0.15) is 5.10 Å². The standard InChI is InChI=1S/C18H20N2OS/c1-11-7-12(2)15(13(3)8-11)10-19-20-18(21)17-9-14-5-4-6-16(14)22-17/h7-10H,4-6H2,1-3H3,(H,20,21)/b19-10-. The molecule has 0 atom stereocenters. The Morgan fingerprint density at radius 1 is 1.18 bits per heavy atom. The maximum absolute atomic E-state index is 12.1. The van der Waals surface area contributed by atoms with Crippen LogP contribution in [0.25, 0.3) is 0 Å². The van der Waals surface area contributed by atoms with Crippen molar-refractivity contribution in [3.8, 4) is 0 Å². The number of nitrogens with zero attached hydrogens (tertiary/aromatic N) is 1. The van der Waals surface area contributed by atoms with E-state index < -0.39 is 0 Å². The Morgan fingerprint density at radius 3 is 2.59 bits per heavy atom. The smallest absolute Gasteiger partial charge is 0.266 e. The Morgan fingerprint density at radius 2 is 1.91 bits per heavy atom. The molecule has 1 aromatic heterocycles. The summed E-state index contributed by atoms with van der Waals surface area (Å²) in [6.45, 7) is 6.21. The first-order valence-corrected chi connectivity index (χ1v) is 8.39. The van der Waals surface area contributed by atoms with E-state index in [1.54, 1.807) is 17.6 Å². The third kappa shape index (κ3) is 2.97. The zero-order chi connectivity index (χ0) is 15.7. The van der Waals surface area contributed by atoms with E-state index in [9.17, 15) is 4.79 Å². The van der Waals surface area contributed by atoms with Crippen molar-refractivity contribution >= 4 is 23.5 Å². The molecule has 114 valence electrons. The fourth-order valence-corrected chi connectivity index (χ4v) is 4.19. The molecule has 0 saturated heterocycles. The number of aryl methyl sites for hydroxylation is 5. The number of hydrogen-bond acceptors (Lipinski definition) is 3. The van der Waals surface area contributed by atoms with Gasteiger partial charge in [0.25, 0.3) is 5.91 Å². The second-order valence-corrected chi connectivity index (χ2v) is 7.06. The molecule has 1 heterocycles. The van der Waals surface area contributed by atoms with E-state index >= 15 is 0 Å². The predicted molar refractivity (Wildman–Crippen MR) is 92.1 cm³/mol. The van der Waals surface area contributed by atoms with Crippen LogP contribution >= 0.6 is 11.3 Å². The maximum Gasteiger partial charge on any atom is 0.281 e. The monoisotopic (exact) mass is 312 g/mol. The lowest BCUT2D eigenvalue weighted by Crippen LogP contribution is -2.16. The summed E-state index contributed by atoms with van der Waals surface area (Å²) in [6, 6.07) is 6.26. The van der Waals surface area contributed by atoms with Crippen molar-refractivity contribution in [2.45, 2.75) is 40.0 Å². The molecular weight excluding hydrogens is 292 g/mol. The highest BCUT2D eigenvalue weighted by molar-refractivity contribution is 7.14. The summed E-state index contributed by atoms with van der Waals surface area (Å²) in [4.78, 5) is 14.3. The predicted octanol–water partition coefficient (Wildman–Crippen LogP) is 3.93. The topological polar surface area (TPSA) is 41.5 Å². The number of hydrazone groups is 1. The third-order valence-electron chi connectivity index (χ3n) is 4.07. The Bertz CT molecular complexity index is 714. The quantitative estimate of drug-likeness (QED) is 0.677. The van der Waals surface area contributed by atoms with Crippen LogP contribution in [0.2, 0.25) is 0 Å². The van der Waals surface area contributed by atoms with E-state index in [0.29, 0.717) is 0 Å². The minimum Gasteiger partial charge on any atom is -0.266 e. The average molecular weight is 312 g/mol.